The fourth-order valence-electron chi connectivity index (χ4n) is 1.43. The molecule has 0 aliphatic rings. The lowest BCUT2D eigenvalue weighted by molar-refractivity contribution is -0.142. The molecule has 1 amide bonds. The molecule has 7 nitrogen and oxygen atoms in total. The number of aliphatic carboxylic acids is 1. The summed E-state index contributed by atoms with van der Waals surface area (Å²) in [6, 6.07) is 3.68. The number of hydrogen-bond donors (Lipinski definition) is 5. The van der Waals surface area contributed by atoms with Crippen LogP contribution in [0.4, 0.5) is 0 Å². The van der Waals surface area contributed by atoms with Crippen molar-refractivity contribution < 1.29 is 24.9 Å². The van der Waals surface area contributed by atoms with Gasteiger partial charge >= 0.3 is 5.97 Å². The van der Waals surface area contributed by atoms with E-state index in [2.05, 4.69) is 5.32 Å². The molecule has 0 unspecified atom stereocenters. The number of rotatable bonds is 6. The van der Waals surface area contributed by atoms with Gasteiger partial charge in [-0.15, -0.1) is 0 Å². The summed E-state index contributed by atoms with van der Waals surface area (Å²) in [6.45, 7) is -0.558. The van der Waals surface area contributed by atoms with E-state index in [1.54, 1.807) is 12.1 Å². The van der Waals surface area contributed by atoms with Gasteiger partial charge in [-0.1, -0.05) is 12.1 Å². The second-order valence-corrected chi connectivity index (χ2v) is 4.06. The molecule has 1 aromatic rings. The number of aliphatic hydroxyl groups is 1. The van der Waals surface area contributed by atoms with E-state index in [-0.39, 0.29) is 12.2 Å². The molecule has 0 saturated carbocycles. The second kappa shape index (κ2) is 6.72. The van der Waals surface area contributed by atoms with Gasteiger partial charge in [-0.05, 0) is 17.7 Å². The maximum atomic E-state index is 11.4. The number of nitrogens with two attached hydrogens (primary N) is 1. The fourth-order valence-corrected chi connectivity index (χ4v) is 1.43. The van der Waals surface area contributed by atoms with E-state index in [4.69, 9.17) is 21.1 Å². The average molecular weight is 268 g/mol. The zero-order valence-electron chi connectivity index (χ0n) is 10.1. The van der Waals surface area contributed by atoms with Crippen molar-refractivity contribution in [1.82, 2.24) is 5.32 Å². The maximum absolute atomic E-state index is 11.4. The van der Waals surface area contributed by atoms with E-state index in [0.717, 1.165) is 0 Å². The summed E-state index contributed by atoms with van der Waals surface area (Å²) in [4.78, 5) is 22.5. The van der Waals surface area contributed by atoms with Gasteiger partial charge in [0, 0.05) is 6.42 Å². The van der Waals surface area contributed by atoms with Crippen LogP contribution in [0.3, 0.4) is 0 Å². The number of benzene rings is 1. The average Bonchev–Trinajstić information content (AvgIpc) is 2.39. The quantitative estimate of drug-likeness (QED) is 0.441. The highest BCUT2D eigenvalue weighted by molar-refractivity contribution is 5.87. The Hall–Kier alpha value is -2.12. The lowest BCUT2D eigenvalue weighted by atomic mass is 10.1. The number of amides is 1. The van der Waals surface area contributed by atoms with Gasteiger partial charge in [0.2, 0.25) is 5.91 Å². The van der Waals surface area contributed by atoms with Crippen LogP contribution in [0.15, 0.2) is 24.3 Å². The van der Waals surface area contributed by atoms with Gasteiger partial charge in [-0.2, -0.15) is 0 Å². The molecule has 104 valence electrons. The van der Waals surface area contributed by atoms with E-state index < -0.39 is 30.6 Å². The minimum atomic E-state index is -1.20. The van der Waals surface area contributed by atoms with Gasteiger partial charge in [-0.3, -0.25) is 4.79 Å². The molecule has 0 bridgehead atoms. The summed E-state index contributed by atoms with van der Waals surface area (Å²) < 4.78 is 0. The molecule has 19 heavy (non-hydrogen) atoms. The lowest BCUT2D eigenvalue weighted by Crippen LogP contribution is -2.50. The SMILES string of the molecule is N[C@@H](CO)C(=O)N[C@H](Cc1ccc(O)cc1)C(=O)O. The van der Waals surface area contributed by atoms with E-state index >= 15 is 0 Å². The Labute approximate surface area is 109 Å². The lowest BCUT2D eigenvalue weighted by Gasteiger charge is -2.16. The topological polar surface area (TPSA) is 133 Å². The van der Waals surface area contributed by atoms with E-state index in [1.807, 2.05) is 0 Å². The molecule has 0 aromatic heterocycles. The molecule has 0 fully saturated rings. The first-order valence-corrected chi connectivity index (χ1v) is 5.61. The number of aromatic hydroxyl groups is 1. The molecular weight excluding hydrogens is 252 g/mol. The van der Waals surface area contributed by atoms with Crippen LogP contribution in [0.25, 0.3) is 0 Å². The van der Waals surface area contributed by atoms with Crippen molar-refractivity contribution in [3.8, 4) is 5.75 Å². The normalized spacial score (nSPS) is 13.6. The Kier molecular flexibility index (Phi) is 5.28. The highest BCUT2D eigenvalue weighted by atomic mass is 16.4. The molecular formula is C12H16N2O5. The number of carboxylic acids is 1. The molecule has 0 heterocycles. The largest absolute Gasteiger partial charge is 0.508 e. The van der Waals surface area contributed by atoms with Gasteiger partial charge in [0.1, 0.15) is 17.8 Å². The Morgan fingerprint density at radius 3 is 2.32 bits per heavy atom. The van der Waals surface area contributed by atoms with Crippen molar-refractivity contribution in [3.63, 3.8) is 0 Å². The molecule has 1 rings (SSSR count). The molecule has 0 radical (unpaired) electrons. The minimum absolute atomic E-state index is 0.0551. The Morgan fingerprint density at radius 1 is 1.26 bits per heavy atom. The zero-order valence-corrected chi connectivity index (χ0v) is 10.1. The third kappa shape index (κ3) is 4.57. The standard InChI is InChI=1S/C12H16N2O5/c13-9(6-15)11(17)14-10(12(18)19)5-7-1-3-8(16)4-2-7/h1-4,9-10,15-16H,5-6,13H2,(H,14,17)(H,18,19)/t9-,10+/m0/s1. The first-order chi connectivity index (χ1) is 8.93. The van der Waals surface area contributed by atoms with Crippen molar-refractivity contribution in [2.75, 3.05) is 6.61 Å². The molecule has 6 N–H and O–H groups in total. The highest BCUT2D eigenvalue weighted by Gasteiger charge is 2.23. The van der Waals surface area contributed by atoms with Crippen molar-refractivity contribution in [1.29, 1.82) is 0 Å². The van der Waals surface area contributed by atoms with E-state index in [9.17, 15) is 9.59 Å². The number of carboxylic acid groups (broad SMARTS) is 1. The van der Waals surface area contributed by atoms with Crippen LogP contribution < -0.4 is 11.1 Å². The summed E-state index contributed by atoms with van der Waals surface area (Å²) in [6.07, 6.45) is 0.0551. The van der Waals surface area contributed by atoms with Crippen LogP contribution in [-0.2, 0) is 16.0 Å². The summed E-state index contributed by atoms with van der Waals surface area (Å²) in [7, 11) is 0. The van der Waals surface area contributed by atoms with Crippen LogP contribution in [0.5, 0.6) is 5.75 Å². The van der Waals surface area contributed by atoms with Crippen LogP contribution in [-0.4, -0.2) is 45.9 Å². The highest BCUT2D eigenvalue weighted by Crippen LogP contribution is 2.11. The molecule has 0 aliphatic carbocycles. The zero-order chi connectivity index (χ0) is 14.4. The third-order valence-corrected chi connectivity index (χ3v) is 2.52. The fraction of sp³-hybridized carbons (Fsp3) is 0.333. The van der Waals surface area contributed by atoms with Crippen molar-refractivity contribution >= 4 is 11.9 Å². The summed E-state index contributed by atoms with van der Waals surface area (Å²) in [5, 5.41) is 29.1. The molecule has 0 spiro atoms. The van der Waals surface area contributed by atoms with Crippen molar-refractivity contribution in [3.05, 3.63) is 29.8 Å². The van der Waals surface area contributed by atoms with Crippen LogP contribution in [0.1, 0.15) is 5.56 Å². The van der Waals surface area contributed by atoms with Gasteiger partial charge in [0.25, 0.3) is 0 Å². The number of carbonyl (C=O) groups is 2. The minimum Gasteiger partial charge on any atom is -0.508 e. The van der Waals surface area contributed by atoms with Crippen LogP contribution in [0.2, 0.25) is 0 Å². The number of hydrogen-bond acceptors (Lipinski definition) is 5. The second-order valence-electron chi connectivity index (χ2n) is 4.06. The number of phenolic OH excluding ortho intramolecular Hbond substituents is 1. The van der Waals surface area contributed by atoms with Gasteiger partial charge in [0.15, 0.2) is 0 Å². The Bertz CT molecular complexity index is 446. The number of aliphatic hydroxyl groups excluding tert-OH is 1. The summed E-state index contributed by atoms with van der Waals surface area (Å²) >= 11 is 0. The predicted molar refractivity (Wildman–Crippen MR) is 66.4 cm³/mol. The van der Waals surface area contributed by atoms with E-state index in [1.165, 1.54) is 12.1 Å². The number of phenols is 1. The van der Waals surface area contributed by atoms with Crippen molar-refractivity contribution in [2.24, 2.45) is 5.73 Å². The van der Waals surface area contributed by atoms with Gasteiger partial charge in [-0.25, -0.2) is 4.79 Å². The predicted octanol–water partition coefficient (Wildman–Crippen LogP) is -1.18. The number of carbonyl (C=O) groups excluding carboxylic acids is 1. The Balaban J connectivity index is 2.71. The van der Waals surface area contributed by atoms with Gasteiger partial charge < -0.3 is 26.4 Å². The van der Waals surface area contributed by atoms with Gasteiger partial charge in [0.05, 0.1) is 6.61 Å². The summed E-state index contributed by atoms with van der Waals surface area (Å²) in [5.41, 5.74) is 5.93. The molecule has 1 aromatic carbocycles. The van der Waals surface area contributed by atoms with Crippen LogP contribution in [0, 0.1) is 0 Å². The third-order valence-electron chi connectivity index (χ3n) is 2.52. The molecule has 7 heteroatoms. The monoisotopic (exact) mass is 268 g/mol. The molecule has 0 saturated heterocycles. The Morgan fingerprint density at radius 2 is 1.84 bits per heavy atom. The first kappa shape index (κ1) is 14.9. The molecule has 2 atom stereocenters. The molecule has 0 aliphatic heterocycles. The summed E-state index contributed by atoms with van der Waals surface area (Å²) in [5.74, 6) is -1.86. The van der Waals surface area contributed by atoms with Crippen molar-refractivity contribution in [2.45, 2.75) is 18.5 Å². The number of nitrogens with one attached hydrogen (secondary N) is 1. The first-order valence-electron chi connectivity index (χ1n) is 5.61. The van der Waals surface area contributed by atoms with Crippen LogP contribution >= 0.6 is 0 Å². The van der Waals surface area contributed by atoms with E-state index in [0.29, 0.717) is 5.56 Å². The maximum Gasteiger partial charge on any atom is 0.326 e. The smallest absolute Gasteiger partial charge is 0.326 e.